The summed E-state index contributed by atoms with van der Waals surface area (Å²) in [4.78, 5) is 67.0. The average molecular weight is 1100 g/mol. The first-order valence-corrected chi connectivity index (χ1v) is 28.1. The summed E-state index contributed by atoms with van der Waals surface area (Å²) in [6.45, 7) is 15.3. The van der Waals surface area contributed by atoms with E-state index in [0.29, 0.717) is 87.5 Å². The van der Waals surface area contributed by atoms with Gasteiger partial charge in [0.1, 0.15) is 30.0 Å². The minimum absolute atomic E-state index is 0.0175. The lowest BCUT2D eigenvalue weighted by molar-refractivity contribution is -0.155. The molecule has 80 heavy (non-hydrogen) atoms. The topological polar surface area (TPSA) is 223 Å². The van der Waals surface area contributed by atoms with Crippen molar-refractivity contribution in [2.24, 2.45) is 11.3 Å². The number of aliphatic hydroxyl groups excluding tert-OH is 1. The smallest absolute Gasteiger partial charge is 0.324 e. The molecule has 7 atom stereocenters. The molecule has 4 aliphatic heterocycles. The van der Waals surface area contributed by atoms with Gasteiger partial charge < -0.3 is 49.7 Å². The maximum atomic E-state index is 15.0. The molecule has 3 amide bonds. The highest BCUT2D eigenvalue weighted by Crippen LogP contribution is 2.43. The number of benzene rings is 3. The molecule has 6 N–H and O–H groups in total. The SMILES string of the molecule is CCn1c(-c2cc(C#CCN3CCOCC3CO)cnc2C(C)OC)c2c3cc(ccc31)-c1cc(O)cc(c1)CC(NC(=O)C(C(C)C)N(C)C(=O)C1OCCC1c1ccc(N)cc1)C(=O)N1CCCC(N1)C(=O)OCC(C)(C)C2. The third-order valence-corrected chi connectivity index (χ3v) is 16.2. The maximum absolute atomic E-state index is 15.0. The zero-order valence-corrected chi connectivity index (χ0v) is 47.4. The van der Waals surface area contributed by atoms with Crippen LogP contribution in [0.15, 0.2) is 72.9 Å². The van der Waals surface area contributed by atoms with Crippen molar-refractivity contribution in [3.63, 3.8) is 0 Å². The lowest BCUT2D eigenvalue weighted by Crippen LogP contribution is -2.62. The molecule has 6 heterocycles. The summed E-state index contributed by atoms with van der Waals surface area (Å²) in [5.41, 5.74) is 17.3. The molecule has 6 bridgehead atoms. The van der Waals surface area contributed by atoms with Crippen LogP contribution in [0.3, 0.4) is 0 Å². The van der Waals surface area contributed by atoms with Gasteiger partial charge in [-0.2, -0.15) is 0 Å². The number of hydrogen-bond donors (Lipinski definition) is 5. The van der Waals surface area contributed by atoms with E-state index in [4.69, 9.17) is 29.7 Å². The van der Waals surface area contributed by atoms with Crippen molar-refractivity contribution in [2.75, 3.05) is 72.6 Å². The number of amides is 3. The van der Waals surface area contributed by atoms with E-state index < -0.39 is 53.5 Å². The van der Waals surface area contributed by atoms with Crippen LogP contribution in [0, 0.1) is 23.2 Å². The first-order valence-electron chi connectivity index (χ1n) is 28.1. The quantitative estimate of drug-likeness (QED) is 0.0539. The molecule has 9 rings (SSSR count). The molecule has 426 valence electrons. The number of nitrogens with zero attached hydrogens (tertiary/aromatic N) is 5. The Hall–Kier alpha value is -6.85. The van der Waals surface area contributed by atoms with Crippen LogP contribution in [0.4, 0.5) is 5.69 Å². The van der Waals surface area contributed by atoms with Crippen LogP contribution in [-0.2, 0) is 57.5 Å². The van der Waals surface area contributed by atoms with Gasteiger partial charge in [-0.05, 0) is 116 Å². The van der Waals surface area contributed by atoms with Crippen LogP contribution in [-0.4, -0.2) is 155 Å². The Morgan fingerprint density at radius 3 is 2.55 bits per heavy atom. The molecule has 3 fully saturated rings. The van der Waals surface area contributed by atoms with Gasteiger partial charge in [0, 0.05) is 92.1 Å². The fraction of sp³-hybridized carbons (Fsp3) is 0.500. The fourth-order valence-corrected chi connectivity index (χ4v) is 11.9. The van der Waals surface area contributed by atoms with Crippen molar-refractivity contribution in [2.45, 2.75) is 122 Å². The number of phenols is 1. The van der Waals surface area contributed by atoms with E-state index in [1.54, 1.807) is 44.6 Å². The zero-order chi connectivity index (χ0) is 57.0. The number of nitrogens with two attached hydrogens (primary N) is 1. The van der Waals surface area contributed by atoms with Crippen molar-refractivity contribution in [3.05, 3.63) is 101 Å². The van der Waals surface area contributed by atoms with Gasteiger partial charge in [-0.1, -0.05) is 63.8 Å². The summed E-state index contributed by atoms with van der Waals surface area (Å²) >= 11 is 0. The number of anilines is 1. The van der Waals surface area contributed by atoms with Gasteiger partial charge >= 0.3 is 5.97 Å². The van der Waals surface area contributed by atoms with E-state index in [1.165, 1.54) is 9.91 Å². The number of hydrogen-bond acceptors (Lipinski definition) is 14. The number of carbonyl (C=O) groups is 4. The third kappa shape index (κ3) is 12.5. The number of aromatic hydroxyl groups is 1. The number of carbonyl (C=O) groups excluding carboxylic acids is 4. The third-order valence-electron chi connectivity index (χ3n) is 16.2. The number of esters is 1. The number of nitrogen functional groups attached to an aromatic ring is 1. The van der Waals surface area contributed by atoms with E-state index in [2.05, 4.69) is 71.0 Å². The van der Waals surface area contributed by atoms with Crippen LogP contribution in [0.5, 0.6) is 5.75 Å². The fourth-order valence-electron chi connectivity index (χ4n) is 11.9. The number of aromatic nitrogens is 2. The molecule has 3 saturated heterocycles. The summed E-state index contributed by atoms with van der Waals surface area (Å²) in [5.74, 6) is 4.15. The number of morpholine rings is 1. The number of likely N-dealkylation sites (N-methyl/N-ethyl adjacent to an activating group) is 1. The van der Waals surface area contributed by atoms with Gasteiger partial charge in [-0.15, -0.1) is 0 Å². The van der Waals surface area contributed by atoms with E-state index >= 15 is 0 Å². The van der Waals surface area contributed by atoms with Gasteiger partial charge in [0.2, 0.25) is 5.91 Å². The number of aliphatic hydroxyl groups is 1. The van der Waals surface area contributed by atoms with Crippen LogP contribution in [0.25, 0.3) is 33.3 Å². The second-order valence-corrected chi connectivity index (χ2v) is 22.9. The lowest BCUT2D eigenvalue weighted by Gasteiger charge is -2.37. The number of methoxy groups -OCH3 is 1. The molecule has 7 unspecified atom stereocenters. The number of aryl methyl sites for hydroxylation is 1. The van der Waals surface area contributed by atoms with E-state index in [1.807, 2.05) is 45.0 Å². The van der Waals surface area contributed by atoms with E-state index in [-0.39, 0.29) is 55.7 Å². The molecular weight excluding hydrogens is 1020 g/mol. The molecule has 18 nitrogen and oxygen atoms in total. The highest BCUT2D eigenvalue weighted by Gasteiger charge is 2.42. The van der Waals surface area contributed by atoms with Crippen LogP contribution >= 0.6 is 0 Å². The van der Waals surface area contributed by atoms with Crippen molar-refractivity contribution in [1.29, 1.82) is 0 Å². The first kappa shape index (κ1) is 57.8. The van der Waals surface area contributed by atoms with Crippen molar-refractivity contribution in [3.8, 4) is 40.0 Å². The highest BCUT2D eigenvalue weighted by molar-refractivity contribution is 5.96. The van der Waals surface area contributed by atoms with Crippen molar-refractivity contribution >= 4 is 40.3 Å². The highest BCUT2D eigenvalue weighted by atomic mass is 16.5. The zero-order valence-electron chi connectivity index (χ0n) is 47.4. The summed E-state index contributed by atoms with van der Waals surface area (Å²) in [6, 6.07) is 17.7. The number of rotatable bonds is 12. The molecule has 0 aliphatic carbocycles. The monoisotopic (exact) mass is 1090 g/mol. The number of fused-ring (bicyclic) bond motifs is 6. The first-order chi connectivity index (χ1) is 38.4. The lowest BCUT2D eigenvalue weighted by atomic mass is 9.84. The average Bonchev–Trinajstić information content (AvgIpc) is 4.26. The Morgan fingerprint density at radius 2 is 1.81 bits per heavy atom. The van der Waals surface area contributed by atoms with Crippen molar-refractivity contribution in [1.82, 2.24) is 35.1 Å². The molecule has 0 spiro atoms. The minimum Gasteiger partial charge on any atom is -0.508 e. The summed E-state index contributed by atoms with van der Waals surface area (Å²) in [7, 11) is 3.25. The number of cyclic esters (lactones) is 1. The molecule has 3 aromatic carbocycles. The summed E-state index contributed by atoms with van der Waals surface area (Å²) in [5, 5.41) is 26.9. The molecule has 2 aromatic heterocycles. The Labute approximate surface area is 469 Å². The number of phenolic OH excluding ortho intramolecular Hbond substituents is 1. The second kappa shape index (κ2) is 24.9. The molecular formula is C62H78N8O10. The maximum Gasteiger partial charge on any atom is 0.324 e. The Bertz CT molecular complexity index is 3150. The molecule has 0 radical (unpaired) electrons. The Kier molecular flexibility index (Phi) is 18.0. The van der Waals surface area contributed by atoms with Gasteiger partial charge in [-0.25, -0.2) is 5.43 Å². The standard InChI is InChI=1S/C62H78N8O10/c1-9-69-53-19-16-42-31-48(53)50(56(69)49-28-39(33-64-54(49)38(4)77-8)12-10-21-68-23-25-78-35-45(68)34-71)32-62(5,6)36-80-61(76)51-13-11-22-70(66-51)59(74)52(29-40-26-43(42)30-46(72)27-40)65-58(73)55(37(2)3)67(7)60(75)57-47(20-24-79-57)41-14-17-44(63)18-15-41/h14-19,26-28,30-31,33,37-38,45,47,51-52,55,57,66,71-72H,9,11,13,20-25,29,32,34-36,63H2,1-8H3,(H,65,73). The van der Waals surface area contributed by atoms with Crippen LogP contribution in [0.1, 0.15) is 101 Å². The number of ether oxygens (including phenoxy) is 4. The van der Waals surface area contributed by atoms with Crippen LogP contribution < -0.4 is 16.5 Å². The molecule has 5 aromatic rings. The minimum atomic E-state index is -1.20. The number of pyridine rings is 1. The largest absolute Gasteiger partial charge is 0.508 e. The van der Waals surface area contributed by atoms with Gasteiger partial charge in [0.25, 0.3) is 11.8 Å². The number of nitrogens with one attached hydrogen (secondary N) is 2. The predicted molar refractivity (Wildman–Crippen MR) is 305 cm³/mol. The van der Waals surface area contributed by atoms with Crippen LogP contribution in [0.2, 0.25) is 0 Å². The summed E-state index contributed by atoms with van der Waals surface area (Å²) in [6.07, 6.45) is 2.51. The Balaban J connectivity index is 1.11. The molecule has 4 aliphatic rings. The molecule has 0 saturated carbocycles. The van der Waals surface area contributed by atoms with Gasteiger partial charge in [0.05, 0.1) is 56.5 Å². The van der Waals surface area contributed by atoms with E-state index in [0.717, 1.165) is 44.5 Å². The van der Waals surface area contributed by atoms with Crippen molar-refractivity contribution < 1.29 is 48.3 Å². The van der Waals surface area contributed by atoms with Gasteiger partial charge in [-0.3, -0.25) is 34.1 Å². The predicted octanol–water partition coefficient (Wildman–Crippen LogP) is 6.13. The second-order valence-electron chi connectivity index (χ2n) is 22.9. The summed E-state index contributed by atoms with van der Waals surface area (Å²) < 4.78 is 26.1. The van der Waals surface area contributed by atoms with Gasteiger partial charge in [0.15, 0.2) is 0 Å². The van der Waals surface area contributed by atoms with E-state index in [9.17, 15) is 29.4 Å². The Morgan fingerprint density at radius 1 is 1.02 bits per heavy atom. The molecule has 18 heteroatoms. The normalized spacial score (nSPS) is 22.5. The number of hydrazine groups is 1.